The summed E-state index contributed by atoms with van der Waals surface area (Å²) in [4.78, 5) is 4.86. The number of nitrogens with zero attached hydrogens (tertiary/aromatic N) is 11. The van der Waals surface area contributed by atoms with Gasteiger partial charge in [0.15, 0.2) is 11.6 Å². The first kappa shape index (κ1) is 30.9. The molecule has 14 nitrogen and oxygen atoms in total. The van der Waals surface area contributed by atoms with Crippen LogP contribution in [0.1, 0.15) is 65.1 Å². The van der Waals surface area contributed by atoms with E-state index < -0.39 is 5.92 Å². The van der Waals surface area contributed by atoms with Crippen molar-refractivity contribution in [1.29, 1.82) is 0 Å². The number of anilines is 1. The Bertz CT molecular complexity index is 1700. The second kappa shape index (κ2) is 14.3. The molecule has 0 atom stereocenters. The van der Waals surface area contributed by atoms with Crippen LogP contribution >= 0.6 is 0 Å². The van der Waals surface area contributed by atoms with Gasteiger partial charge in [0.05, 0.1) is 12.4 Å². The van der Waals surface area contributed by atoms with Crippen molar-refractivity contribution in [2.45, 2.75) is 39.5 Å². The molecule has 2 heterocycles. The molecule has 0 amide bonds. The predicted molar refractivity (Wildman–Crippen MR) is 169 cm³/mol. The molecule has 0 radical (unpaired) electrons. The van der Waals surface area contributed by atoms with Gasteiger partial charge >= 0.3 is 0 Å². The van der Waals surface area contributed by atoms with E-state index in [4.69, 9.17) is 0 Å². The van der Waals surface area contributed by atoms with Gasteiger partial charge in [0.2, 0.25) is 0 Å². The van der Waals surface area contributed by atoms with E-state index in [1.807, 2.05) is 30.3 Å². The first-order chi connectivity index (χ1) is 21.9. The summed E-state index contributed by atoms with van der Waals surface area (Å²) in [5.74, 6) is 0.588. The van der Waals surface area contributed by atoms with Gasteiger partial charge in [0.25, 0.3) is 0 Å². The third kappa shape index (κ3) is 7.36. The van der Waals surface area contributed by atoms with Crippen molar-refractivity contribution in [1.82, 2.24) is 40.6 Å². The van der Waals surface area contributed by atoms with Crippen LogP contribution in [-0.2, 0) is 0 Å². The molecular formula is C31H35N11O3. The molecule has 3 aromatic carbocycles. The zero-order chi connectivity index (χ0) is 31.8. The zero-order valence-corrected chi connectivity index (χ0v) is 25.3. The maximum Gasteiger partial charge on any atom is 0.173 e. The number of tetrazole rings is 2. The Balaban J connectivity index is 1.62. The van der Waals surface area contributed by atoms with Gasteiger partial charge in [0.1, 0.15) is 11.5 Å². The third-order valence-electron chi connectivity index (χ3n) is 7.35. The second-order valence-corrected chi connectivity index (χ2v) is 10.4. The number of rotatable bonds is 13. The lowest BCUT2D eigenvalue weighted by molar-refractivity contribution is 0.285. The highest BCUT2D eigenvalue weighted by molar-refractivity contribution is 5.82. The van der Waals surface area contributed by atoms with Gasteiger partial charge in [-0.2, -0.15) is 10.2 Å². The number of hydrogen-bond donors (Lipinski definition) is 3. The third-order valence-corrected chi connectivity index (χ3v) is 7.35. The SMILES string of the molecule is CCN(CCCCO)c1cccc(C(c2cc(/C=N/n3nnnc3C)ccc2O)c2cc(/C=N/n3nnnc3C)ccc2O)c1. The minimum absolute atomic E-state index is 0.0548. The molecule has 3 N–H and O–H groups in total. The number of phenolic OH excluding ortho intramolecular Hbond substituents is 2. The lowest BCUT2D eigenvalue weighted by Crippen LogP contribution is -2.24. The number of aliphatic hydroxyl groups excluding tert-OH is 1. The van der Waals surface area contributed by atoms with E-state index in [1.165, 1.54) is 9.58 Å². The molecule has 5 aromatic rings. The molecule has 0 aliphatic heterocycles. The highest BCUT2D eigenvalue weighted by atomic mass is 16.3. The molecular weight excluding hydrogens is 574 g/mol. The van der Waals surface area contributed by atoms with Gasteiger partial charge in [-0.15, -0.1) is 19.8 Å². The van der Waals surface area contributed by atoms with E-state index in [-0.39, 0.29) is 18.1 Å². The molecule has 0 aliphatic carbocycles. The summed E-state index contributed by atoms with van der Waals surface area (Å²) in [7, 11) is 0. The van der Waals surface area contributed by atoms with Crippen molar-refractivity contribution >= 4 is 18.1 Å². The summed E-state index contributed by atoms with van der Waals surface area (Å²) < 4.78 is 0. The quantitative estimate of drug-likeness (QED) is 0.102. The van der Waals surface area contributed by atoms with E-state index >= 15 is 0 Å². The Morgan fingerprint density at radius 2 is 1.38 bits per heavy atom. The zero-order valence-electron chi connectivity index (χ0n) is 25.3. The van der Waals surface area contributed by atoms with Crippen molar-refractivity contribution in [3.05, 3.63) is 100 Å². The molecule has 0 aliphatic rings. The van der Waals surface area contributed by atoms with Crippen LogP contribution in [0.5, 0.6) is 11.5 Å². The van der Waals surface area contributed by atoms with Gasteiger partial charge in [-0.1, -0.05) is 12.1 Å². The van der Waals surface area contributed by atoms with Crippen molar-refractivity contribution in [2.24, 2.45) is 10.2 Å². The molecule has 5 rings (SSSR count). The monoisotopic (exact) mass is 609 g/mol. The van der Waals surface area contributed by atoms with E-state index in [9.17, 15) is 15.3 Å². The summed E-state index contributed by atoms with van der Waals surface area (Å²) in [6.07, 6.45) is 4.79. The average molecular weight is 610 g/mol. The average Bonchev–Trinajstić information content (AvgIpc) is 3.66. The van der Waals surface area contributed by atoms with Crippen LogP contribution in [-0.4, -0.2) is 88.1 Å². The molecule has 0 bridgehead atoms. The largest absolute Gasteiger partial charge is 0.508 e. The highest BCUT2D eigenvalue weighted by Crippen LogP contribution is 2.42. The Morgan fingerprint density at radius 1 is 0.800 bits per heavy atom. The van der Waals surface area contributed by atoms with Crippen LogP contribution in [0.2, 0.25) is 0 Å². The van der Waals surface area contributed by atoms with Crippen LogP contribution in [0.4, 0.5) is 5.69 Å². The smallest absolute Gasteiger partial charge is 0.173 e. The number of aromatic hydroxyl groups is 2. The first-order valence-electron chi connectivity index (χ1n) is 14.6. The molecule has 232 valence electrons. The van der Waals surface area contributed by atoms with Gasteiger partial charge < -0.3 is 20.2 Å². The summed E-state index contributed by atoms with van der Waals surface area (Å²) >= 11 is 0. The maximum absolute atomic E-state index is 11.3. The standard InChI is InChI=1S/C31H35N11O3/c1-4-40(14-5-6-15-43)26-9-7-8-25(18-26)31(27-16-23(10-12-29(27)44)19-32-41-21(2)34-36-38-41)28-17-24(11-13-30(28)45)20-33-42-22(3)35-37-39-42/h7-13,16-20,31,43-45H,4-6,14-15H2,1-3H3/b32-19+,33-20+. The number of phenols is 2. The number of aliphatic hydroxyl groups is 1. The number of hydrogen-bond acceptors (Lipinski definition) is 12. The van der Waals surface area contributed by atoms with Crippen molar-refractivity contribution in [2.75, 3.05) is 24.6 Å². The molecule has 0 saturated carbocycles. The highest BCUT2D eigenvalue weighted by Gasteiger charge is 2.24. The molecule has 0 spiro atoms. The Hall–Kier alpha value is -5.50. The van der Waals surface area contributed by atoms with E-state index in [1.54, 1.807) is 50.5 Å². The van der Waals surface area contributed by atoms with Gasteiger partial charge in [-0.3, -0.25) is 0 Å². The minimum atomic E-state index is -0.577. The van der Waals surface area contributed by atoms with Gasteiger partial charge in [-0.25, -0.2) is 0 Å². The minimum Gasteiger partial charge on any atom is -0.508 e. The Labute approximate surface area is 260 Å². The fourth-order valence-corrected chi connectivity index (χ4v) is 4.99. The van der Waals surface area contributed by atoms with E-state index in [0.29, 0.717) is 33.9 Å². The fraction of sp³-hybridized carbons (Fsp3) is 0.290. The molecule has 0 unspecified atom stereocenters. The number of unbranched alkanes of at least 4 members (excludes halogenated alkanes) is 1. The number of aromatic nitrogens is 8. The molecule has 14 heteroatoms. The summed E-state index contributed by atoms with van der Waals surface area (Å²) in [6, 6.07) is 18.4. The molecule has 2 aromatic heterocycles. The van der Waals surface area contributed by atoms with Gasteiger partial charge in [0, 0.05) is 42.4 Å². The Kier molecular flexibility index (Phi) is 9.84. The van der Waals surface area contributed by atoms with E-state index in [2.05, 4.69) is 59.1 Å². The lowest BCUT2D eigenvalue weighted by Gasteiger charge is -2.26. The van der Waals surface area contributed by atoms with Crippen molar-refractivity contribution in [3.63, 3.8) is 0 Å². The maximum atomic E-state index is 11.3. The van der Waals surface area contributed by atoms with Crippen LogP contribution < -0.4 is 4.90 Å². The second-order valence-electron chi connectivity index (χ2n) is 10.4. The first-order valence-corrected chi connectivity index (χ1v) is 14.6. The molecule has 0 fully saturated rings. The summed E-state index contributed by atoms with van der Waals surface area (Å²) in [6.45, 7) is 7.29. The lowest BCUT2D eigenvalue weighted by atomic mass is 9.82. The summed E-state index contributed by atoms with van der Waals surface area (Å²) in [5, 5.41) is 63.2. The fourth-order valence-electron chi connectivity index (χ4n) is 4.99. The number of benzene rings is 3. The van der Waals surface area contributed by atoms with Crippen LogP contribution in [0.25, 0.3) is 0 Å². The molecule has 45 heavy (non-hydrogen) atoms. The normalized spacial score (nSPS) is 11.8. The topological polar surface area (TPSA) is 176 Å². The van der Waals surface area contributed by atoms with Crippen LogP contribution in [0, 0.1) is 13.8 Å². The van der Waals surface area contributed by atoms with Gasteiger partial charge in [-0.05, 0) is 120 Å². The van der Waals surface area contributed by atoms with Crippen LogP contribution in [0.3, 0.4) is 0 Å². The summed E-state index contributed by atoms with van der Waals surface area (Å²) in [5.41, 5.74) is 4.38. The van der Waals surface area contributed by atoms with Crippen molar-refractivity contribution in [3.8, 4) is 11.5 Å². The Morgan fingerprint density at radius 3 is 1.87 bits per heavy atom. The molecule has 0 saturated heterocycles. The number of aryl methyl sites for hydroxylation is 2. The van der Waals surface area contributed by atoms with Crippen molar-refractivity contribution < 1.29 is 15.3 Å². The predicted octanol–water partition coefficient (Wildman–Crippen LogP) is 3.23. The van der Waals surface area contributed by atoms with E-state index in [0.717, 1.165) is 37.2 Å². The van der Waals surface area contributed by atoms with Crippen LogP contribution in [0.15, 0.2) is 70.9 Å².